The Kier molecular flexibility index (Phi) is 18.3. The lowest BCUT2D eigenvalue weighted by Crippen LogP contribution is -1.97. The van der Waals surface area contributed by atoms with Gasteiger partial charge >= 0.3 is 0 Å². The molecule has 0 aromatic carbocycles. The molecule has 20 heavy (non-hydrogen) atoms. The minimum Gasteiger partial charge on any atom is -0.330 e. The summed E-state index contributed by atoms with van der Waals surface area (Å²) in [5.74, 6) is 0. The summed E-state index contributed by atoms with van der Waals surface area (Å²) in [6.07, 6.45) is 23.2. The largest absolute Gasteiger partial charge is 0.330 e. The third-order valence-electron chi connectivity index (χ3n) is 4.05. The first kappa shape index (κ1) is 19.6. The van der Waals surface area contributed by atoms with Gasteiger partial charge in [-0.1, -0.05) is 83.5 Å². The number of hydrogen-bond acceptors (Lipinski definition) is 2. The molecule has 0 spiro atoms. The molecule has 0 radical (unpaired) electrons. The molecule has 0 aliphatic rings. The van der Waals surface area contributed by atoms with Crippen LogP contribution in [-0.4, -0.2) is 12.8 Å². The zero-order valence-electron chi connectivity index (χ0n) is 13.7. The van der Waals surface area contributed by atoms with Crippen LogP contribution in [0.15, 0.2) is 0 Å². The van der Waals surface area contributed by atoms with E-state index in [1.54, 1.807) is 0 Å². The van der Waals surface area contributed by atoms with E-state index < -0.39 is 0 Å². The molecule has 0 atom stereocenters. The van der Waals surface area contributed by atoms with Crippen molar-refractivity contribution in [2.45, 2.75) is 103 Å². The van der Waals surface area contributed by atoms with E-state index in [9.17, 15) is 0 Å². The van der Waals surface area contributed by atoms with E-state index in [1.807, 2.05) is 0 Å². The van der Waals surface area contributed by atoms with E-state index in [2.05, 4.69) is 0 Å². The fourth-order valence-electron chi connectivity index (χ4n) is 2.69. The lowest BCUT2D eigenvalue weighted by molar-refractivity contribution is 0.532. The first-order valence-electron chi connectivity index (χ1n) is 9.11. The molecule has 2 heteroatoms. The van der Waals surface area contributed by atoms with Crippen molar-refractivity contribution in [3.8, 4) is 0 Å². The van der Waals surface area contributed by atoms with E-state index in [4.69, 9.17) is 11.1 Å². The van der Waals surface area contributed by atoms with Crippen LogP contribution in [0, 0.1) is 5.41 Å². The van der Waals surface area contributed by atoms with Crippen molar-refractivity contribution >= 4 is 6.21 Å². The van der Waals surface area contributed by atoms with Gasteiger partial charge in [0.1, 0.15) is 0 Å². The molecule has 3 N–H and O–H groups in total. The van der Waals surface area contributed by atoms with Crippen LogP contribution < -0.4 is 5.73 Å². The highest BCUT2D eigenvalue weighted by molar-refractivity contribution is 5.52. The number of nitrogens with one attached hydrogen (secondary N) is 1. The summed E-state index contributed by atoms with van der Waals surface area (Å²) in [6, 6.07) is 0. The maximum atomic E-state index is 6.96. The normalized spacial score (nSPS) is 10.8. The lowest BCUT2D eigenvalue weighted by Gasteiger charge is -2.03. The maximum Gasteiger partial charge on any atom is -0.00477 e. The second-order valence-corrected chi connectivity index (χ2v) is 6.08. The first-order valence-corrected chi connectivity index (χ1v) is 9.11. The van der Waals surface area contributed by atoms with E-state index in [-0.39, 0.29) is 0 Å². The van der Waals surface area contributed by atoms with Crippen LogP contribution in [0.3, 0.4) is 0 Å². The molecule has 0 amide bonds. The van der Waals surface area contributed by atoms with E-state index in [0.717, 1.165) is 13.0 Å². The highest BCUT2D eigenvalue weighted by Crippen LogP contribution is 2.13. The van der Waals surface area contributed by atoms with Crippen molar-refractivity contribution in [2.24, 2.45) is 5.73 Å². The number of unbranched alkanes of at least 4 members (excludes halogenated alkanes) is 15. The molecule has 2 nitrogen and oxygen atoms in total. The Labute approximate surface area is 127 Å². The van der Waals surface area contributed by atoms with Gasteiger partial charge in [0, 0.05) is 0 Å². The number of nitrogens with two attached hydrogens (primary N) is 1. The average molecular weight is 283 g/mol. The highest BCUT2D eigenvalue weighted by atomic mass is 14.5. The second kappa shape index (κ2) is 18.6. The van der Waals surface area contributed by atoms with Crippen LogP contribution in [0.1, 0.15) is 103 Å². The Morgan fingerprint density at radius 1 is 0.500 bits per heavy atom. The first-order chi connectivity index (χ1) is 9.91. The summed E-state index contributed by atoms with van der Waals surface area (Å²) >= 11 is 0. The Morgan fingerprint density at radius 3 is 1.10 bits per heavy atom. The summed E-state index contributed by atoms with van der Waals surface area (Å²) in [6.45, 7) is 0.864. The standard InChI is InChI=1S/C18H38N2/c19-17-15-13-11-9-7-5-3-1-2-4-6-8-10-12-14-16-18-20/h17,19H,1-16,18,20H2. The molecule has 120 valence electrons. The quantitative estimate of drug-likeness (QED) is 0.256. The third-order valence-corrected chi connectivity index (χ3v) is 4.05. The minimum absolute atomic E-state index is 0.864. The topological polar surface area (TPSA) is 49.9 Å². The van der Waals surface area contributed by atoms with Crippen LogP contribution in [0.4, 0.5) is 0 Å². The molecule has 0 rings (SSSR count). The third kappa shape index (κ3) is 17.6. The van der Waals surface area contributed by atoms with Gasteiger partial charge in [0.05, 0.1) is 0 Å². The molecule has 0 bridgehead atoms. The van der Waals surface area contributed by atoms with E-state index in [0.29, 0.717) is 0 Å². The van der Waals surface area contributed by atoms with Gasteiger partial charge < -0.3 is 11.1 Å². The summed E-state index contributed by atoms with van der Waals surface area (Å²) in [5.41, 5.74) is 5.48. The fourth-order valence-corrected chi connectivity index (χ4v) is 2.69. The molecular formula is C18H38N2. The average Bonchev–Trinajstić information content (AvgIpc) is 2.47. The Hall–Kier alpha value is -0.370. The zero-order valence-corrected chi connectivity index (χ0v) is 13.7. The van der Waals surface area contributed by atoms with Crippen LogP contribution in [0.5, 0.6) is 0 Å². The Morgan fingerprint density at radius 2 is 0.800 bits per heavy atom. The molecular weight excluding hydrogens is 244 g/mol. The summed E-state index contributed by atoms with van der Waals surface area (Å²) in [5, 5.41) is 6.96. The van der Waals surface area contributed by atoms with Gasteiger partial charge in [0.15, 0.2) is 0 Å². The molecule has 0 fully saturated rings. The molecule has 0 aliphatic carbocycles. The van der Waals surface area contributed by atoms with Gasteiger partial charge in [-0.05, 0) is 32.0 Å². The lowest BCUT2D eigenvalue weighted by atomic mass is 10.0. The highest BCUT2D eigenvalue weighted by Gasteiger charge is 1.94. The van der Waals surface area contributed by atoms with Crippen molar-refractivity contribution in [3.05, 3.63) is 0 Å². The molecule has 0 saturated carbocycles. The Balaban J connectivity index is 2.90. The summed E-state index contributed by atoms with van der Waals surface area (Å²) in [7, 11) is 0. The molecule has 0 aromatic rings. The van der Waals surface area contributed by atoms with Crippen LogP contribution in [-0.2, 0) is 0 Å². The van der Waals surface area contributed by atoms with Crippen molar-refractivity contribution < 1.29 is 0 Å². The minimum atomic E-state index is 0.864. The predicted octanol–water partition coefficient (Wildman–Crippen LogP) is 5.84. The van der Waals surface area contributed by atoms with Gasteiger partial charge in [-0.2, -0.15) is 0 Å². The molecule has 0 unspecified atom stereocenters. The monoisotopic (exact) mass is 282 g/mol. The molecule has 0 aliphatic heterocycles. The Bertz CT molecular complexity index is 180. The second-order valence-electron chi connectivity index (χ2n) is 6.08. The predicted molar refractivity (Wildman–Crippen MR) is 91.7 cm³/mol. The van der Waals surface area contributed by atoms with E-state index >= 15 is 0 Å². The van der Waals surface area contributed by atoms with Crippen molar-refractivity contribution in [1.29, 1.82) is 5.41 Å². The summed E-state index contributed by atoms with van der Waals surface area (Å²) < 4.78 is 0. The smallest absolute Gasteiger partial charge is 0.00477 e. The molecule has 0 aromatic heterocycles. The van der Waals surface area contributed by atoms with Crippen molar-refractivity contribution in [1.82, 2.24) is 0 Å². The van der Waals surface area contributed by atoms with Gasteiger partial charge in [-0.25, -0.2) is 0 Å². The zero-order chi connectivity index (χ0) is 14.7. The fraction of sp³-hybridized carbons (Fsp3) is 0.944. The van der Waals surface area contributed by atoms with Crippen LogP contribution in [0.25, 0.3) is 0 Å². The van der Waals surface area contributed by atoms with Gasteiger partial charge in [-0.15, -0.1) is 0 Å². The van der Waals surface area contributed by atoms with Crippen molar-refractivity contribution in [3.63, 3.8) is 0 Å². The van der Waals surface area contributed by atoms with E-state index in [1.165, 1.54) is 103 Å². The van der Waals surface area contributed by atoms with Gasteiger partial charge in [0.25, 0.3) is 0 Å². The van der Waals surface area contributed by atoms with Crippen LogP contribution >= 0.6 is 0 Å². The maximum absolute atomic E-state index is 6.96. The van der Waals surface area contributed by atoms with Gasteiger partial charge in [0.2, 0.25) is 0 Å². The van der Waals surface area contributed by atoms with Gasteiger partial charge in [-0.3, -0.25) is 0 Å². The number of hydrogen-bond donors (Lipinski definition) is 2. The van der Waals surface area contributed by atoms with Crippen LogP contribution in [0.2, 0.25) is 0 Å². The summed E-state index contributed by atoms with van der Waals surface area (Å²) in [4.78, 5) is 0. The SMILES string of the molecule is N=CCCCCCCCCCCCCCCCCCN. The molecule has 0 heterocycles. The van der Waals surface area contributed by atoms with Crippen molar-refractivity contribution in [2.75, 3.05) is 6.54 Å². The molecule has 0 saturated heterocycles. The number of rotatable bonds is 17.